The fourth-order valence-corrected chi connectivity index (χ4v) is 0.729. The molecule has 2 nitrogen and oxygen atoms in total. The van der Waals surface area contributed by atoms with Gasteiger partial charge in [-0.05, 0) is 0 Å². The molecule has 0 aliphatic carbocycles. The van der Waals surface area contributed by atoms with Gasteiger partial charge < -0.3 is 8.83 Å². The molecule has 0 radical (unpaired) electrons. The van der Waals surface area contributed by atoms with Crippen molar-refractivity contribution in [3.8, 4) is 0 Å². The molecule has 0 saturated heterocycles. The lowest BCUT2D eigenvalue weighted by Gasteiger charge is -1.79. The summed E-state index contributed by atoms with van der Waals surface area (Å²) in [5.74, 6) is 0. The van der Waals surface area contributed by atoms with Crippen molar-refractivity contribution in [1.29, 1.82) is 0 Å². The summed E-state index contributed by atoms with van der Waals surface area (Å²) in [6.45, 7) is 2.29. The fraction of sp³-hybridized carbons (Fsp3) is 0. The third-order valence-electron chi connectivity index (χ3n) is 1.15. The van der Waals surface area contributed by atoms with E-state index in [2.05, 4.69) is 6.46 Å². The van der Waals surface area contributed by atoms with Crippen LogP contribution in [0.2, 0.25) is 0 Å². The van der Waals surface area contributed by atoms with Gasteiger partial charge in [0.1, 0.15) is 0 Å². The topological polar surface area (TPSA) is 24.4 Å². The summed E-state index contributed by atoms with van der Waals surface area (Å²) in [5, 5.41) is 0. The predicted molar refractivity (Wildman–Crippen MR) is 31.7 cm³/mol. The van der Waals surface area contributed by atoms with Crippen LogP contribution in [0.15, 0.2) is 33.1 Å². The third-order valence-corrected chi connectivity index (χ3v) is 1.15. The SMILES string of the molecule is [c-]1oc2ccccc2[o+]1. The molecule has 0 atom stereocenters. The lowest BCUT2D eigenvalue weighted by Crippen LogP contribution is -1.57. The van der Waals surface area contributed by atoms with Crippen LogP contribution in [0.25, 0.3) is 11.2 Å². The van der Waals surface area contributed by atoms with E-state index < -0.39 is 0 Å². The number of para-hydroxylation sites is 2. The molecule has 0 unspecified atom stereocenters. The summed E-state index contributed by atoms with van der Waals surface area (Å²) in [6.07, 6.45) is 0. The Labute approximate surface area is 51.7 Å². The molecule has 0 aliphatic heterocycles. The minimum Gasteiger partial charge on any atom is -0.401 e. The molecular weight excluding hydrogens is 116 g/mol. The van der Waals surface area contributed by atoms with Gasteiger partial charge in [0.2, 0.25) is 0 Å². The summed E-state index contributed by atoms with van der Waals surface area (Å²) in [6, 6.07) is 7.43. The van der Waals surface area contributed by atoms with Gasteiger partial charge in [-0.15, -0.1) is 0 Å². The Morgan fingerprint density at radius 2 is 2.22 bits per heavy atom. The first-order chi connectivity index (χ1) is 4.47. The Kier molecular flexibility index (Phi) is 0.803. The van der Waals surface area contributed by atoms with Crippen LogP contribution in [-0.2, 0) is 0 Å². The molecule has 0 amide bonds. The van der Waals surface area contributed by atoms with E-state index in [1.165, 1.54) is 0 Å². The molecular formula is C7H4O2. The van der Waals surface area contributed by atoms with Crippen LogP contribution in [0.4, 0.5) is 0 Å². The van der Waals surface area contributed by atoms with Crippen LogP contribution < -0.4 is 0 Å². The van der Waals surface area contributed by atoms with Crippen molar-refractivity contribution in [2.75, 3.05) is 0 Å². The highest BCUT2D eigenvalue weighted by Crippen LogP contribution is 2.12. The van der Waals surface area contributed by atoms with Crippen molar-refractivity contribution >= 4 is 11.2 Å². The maximum Gasteiger partial charge on any atom is 0.498 e. The lowest BCUT2D eigenvalue weighted by molar-refractivity contribution is 0.454. The van der Waals surface area contributed by atoms with E-state index in [1.807, 2.05) is 24.3 Å². The van der Waals surface area contributed by atoms with Gasteiger partial charge in [0.25, 0.3) is 0 Å². The molecule has 0 spiro atoms. The Hall–Kier alpha value is -1.31. The van der Waals surface area contributed by atoms with Gasteiger partial charge in [0, 0.05) is 0 Å². The van der Waals surface area contributed by atoms with Crippen molar-refractivity contribution in [1.82, 2.24) is 0 Å². The second-order valence-corrected chi connectivity index (χ2v) is 1.73. The highest BCUT2D eigenvalue weighted by atomic mass is 16.5. The van der Waals surface area contributed by atoms with Crippen LogP contribution in [-0.4, -0.2) is 0 Å². The first-order valence-electron chi connectivity index (χ1n) is 2.64. The zero-order chi connectivity index (χ0) is 6.10. The molecule has 0 N–H and O–H groups in total. The molecule has 0 saturated carbocycles. The van der Waals surface area contributed by atoms with Crippen LogP contribution in [0.5, 0.6) is 0 Å². The minimum atomic E-state index is 0.734. The van der Waals surface area contributed by atoms with E-state index in [4.69, 9.17) is 8.83 Å². The van der Waals surface area contributed by atoms with E-state index in [9.17, 15) is 0 Å². The molecule has 0 fully saturated rings. The monoisotopic (exact) mass is 120 g/mol. The zero-order valence-electron chi connectivity index (χ0n) is 4.63. The molecule has 1 aromatic carbocycles. The molecule has 2 heteroatoms. The van der Waals surface area contributed by atoms with Crippen LogP contribution in [0.3, 0.4) is 0 Å². The second kappa shape index (κ2) is 1.58. The van der Waals surface area contributed by atoms with Crippen molar-refractivity contribution in [3.05, 3.63) is 30.7 Å². The Morgan fingerprint density at radius 1 is 1.33 bits per heavy atom. The van der Waals surface area contributed by atoms with Gasteiger partial charge in [0.15, 0.2) is 11.2 Å². The van der Waals surface area contributed by atoms with Gasteiger partial charge in [-0.2, -0.15) is 0 Å². The zero-order valence-corrected chi connectivity index (χ0v) is 4.63. The van der Waals surface area contributed by atoms with E-state index in [-0.39, 0.29) is 0 Å². The fourth-order valence-electron chi connectivity index (χ4n) is 0.729. The minimum absolute atomic E-state index is 0.734. The Morgan fingerprint density at radius 3 is 3.11 bits per heavy atom. The Bertz CT molecular complexity index is 281. The molecule has 44 valence electrons. The second-order valence-electron chi connectivity index (χ2n) is 1.73. The van der Waals surface area contributed by atoms with E-state index >= 15 is 0 Å². The molecule has 1 heterocycles. The van der Waals surface area contributed by atoms with Crippen LogP contribution >= 0.6 is 0 Å². The molecule has 2 aromatic rings. The maximum absolute atomic E-state index is 4.83. The molecule has 2 rings (SSSR count). The summed E-state index contributed by atoms with van der Waals surface area (Å²) in [4.78, 5) is 0. The van der Waals surface area contributed by atoms with Crippen LogP contribution in [0, 0.1) is 6.46 Å². The summed E-state index contributed by atoms with van der Waals surface area (Å²) >= 11 is 0. The van der Waals surface area contributed by atoms with Gasteiger partial charge in [-0.25, -0.2) is 0 Å². The molecule has 9 heavy (non-hydrogen) atoms. The molecule has 0 aliphatic rings. The molecule has 1 aromatic heterocycles. The normalized spacial score (nSPS) is 10.2. The van der Waals surface area contributed by atoms with Crippen molar-refractivity contribution in [2.45, 2.75) is 0 Å². The standard InChI is InChI=1S/C7H4O2/c1-2-4-7-6(3-1)8-5-9-7/h1-4H. The number of rotatable bonds is 0. The quantitative estimate of drug-likeness (QED) is 0.392. The average molecular weight is 120 g/mol. The molecule has 0 bridgehead atoms. The van der Waals surface area contributed by atoms with Crippen molar-refractivity contribution < 1.29 is 8.83 Å². The summed E-state index contributed by atoms with van der Waals surface area (Å²) in [7, 11) is 0. The Balaban J connectivity index is 2.95. The van der Waals surface area contributed by atoms with Crippen LogP contribution in [0.1, 0.15) is 0 Å². The summed E-state index contributed by atoms with van der Waals surface area (Å²) < 4.78 is 9.65. The largest absolute Gasteiger partial charge is 0.498 e. The number of hydrogen-bond donors (Lipinski definition) is 0. The number of hydrogen-bond acceptors (Lipinski definition) is 1. The van der Waals surface area contributed by atoms with E-state index in [1.54, 1.807) is 0 Å². The van der Waals surface area contributed by atoms with E-state index in [0.717, 1.165) is 11.2 Å². The number of fused-ring (bicyclic) bond motifs is 1. The maximum atomic E-state index is 4.83. The van der Waals surface area contributed by atoms with Gasteiger partial charge in [-0.3, -0.25) is 0 Å². The van der Waals surface area contributed by atoms with Gasteiger partial charge in [-0.1, -0.05) is 24.3 Å². The average Bonchev–Trinajstić information content (AvgIpc) is 2.33. The van der Waals surface area contributed by atoms with Crippen molar-refractivity contribution in [3.63, 3.8) is 0 Å². The highest BCUT2D eigenvalue weighted by molar-refractivity contribution is 5.68. The lowest BCUT2D eigenvalue weighted by atomic mass is 10.3. The first-order valence-corrected chi connectivity index (χ1v) is 2.64. The smallest absolute Gasteiger partial charge is 0.401 e. The van der Waals surface area contributed by atoms with E-state index in [0.29, 0.717) is 0 Å². The van der Waals surface area contributed by atoms with Gasteiger partial charge in [0.05, 0.1) is 0 Å². The third kappa shape index (κ3) is 0.598. The number of benzene rings is 1. The summed E-state index contributed by atoms with van der Waals surface area (Å²) in [5.41, 5.74) is 1.47. The van der Waals surface area contributed by atoms with Gasteiger partial charge >= 0.3 is 6.46 Å². The first kappa shape index (κ1) is 4.56. The van der Waals surface area contributed by atoms with Crippen molar-refractivity contribution in [2.24, 2.45) is 0 Å². The predicted octanol–water partition coefficient (Wildman–Crippen LogP) is 2.11. The highest BCUT2D eigenvalue weighted by Gasteiger charge is 1.93.